The van der Waals surface area contributed by atoms with Gasteiger partial charge in [0.15, 0.2) is 5.72 Å². The van der Waals surface area contributed by atoms with Crippen LogP contribution in [0.3, 0.4) is 0 Å². The van der Waals surface area contributed by atoms with Crippen LogP contribution in [0, 0.1) is 0 Å². The van der Waals surface area contributed by atoms with Gasteiger partial charge in [-0.25, -0.2) is 0 Å². The number of benzene rings is 1. The van der Waals surface area contributed by atoms with Gasteiger partial charge in [0, 0.05) is 19.4 Å². The third-order valence-electron chi connectivity index (χ3n) is 4.11. The molecule has 1 aliphatic rings. The van der Waals surface area contributed by atoms with Crippen molar-refractivity contribution in [2.24, 2.45) is 0 Å². The number of carbonyl (C=O) groups excluding carboxylic acids is 2. The van der Waals surface area contributed by atoms with Crippen molar-refractivity contribution in [3.05, 3.63) is 22.2 Å². The number of carbonyl (C=O) groups is 2. The first-order valence-electron chi connectivity index (χ1n) is 7.59. The Labute approximate surface area is 149 Å². The SMILES string of the molecule is CCN1C(=O)CC[C@@]1(O)CNC(=O)c1c(OC)ccc(Br)c1OC. The minimum absolute atomic E-state index is 0.0652. The normalized spacial score (nSPS) is 20.2. The highest BCUT2D eigenvalue weighted by Crippen LogP contribution is 2.35. The summed E-state index contributed by atoms with van der Waals surface area (Å²) in [5.74, 6) is 0.128. The number of aliphatic hydroxyl groups is 1. The third kappa shape index (κ3) is 3.34. The first kappa shape index (κ1) is 18.5. The molecule has 1 saturated heterocycles. The molecule has 1 atom stereocenters. The molecule has 24 heavy (non-hydrogen) atoms. The van der Waals surface area contributed by atoms with Gasteiger partial charge in [-0.2, -0.15) is 0 Å². The van der Waals surface area contributed by atoms with Crippen molar-refractivity contribution in [2.75, 3.05) is 27.3 Å². The Morgan fingerprint density at radius 2 is 2.12 bits per heavy atom. The zero-order valence-corrected chi connectivity index (χ0v) is 15.5. The number of amides is 2. The van der Waals surface area contributed by atoms with E-state index < -0.39 is 11.6 Å². The van der Waals surface area contributed by atoms with Crippen LogP contribution in [0.4, 0.5) is 0 Å². The largest absolute Gasteiger partial charge is 0.496 e. The minimum Gasteiger partial charge on any atom is -0.496 e. The fourth-order valence-corrected chi connectivity index (χ4v) is 3.39. The summed E-state index contributed by atoms with van der Waals surface area (Å²) in [6.45, 7) is 2.11. The number of likely N-dealkylation sites (N-methyl/N-ethyl adjacent to an activating group) is 1. The quantitative estimate of drug-likeness (QED) is 0.755. The maximum absolute atomic E-state index is 12.6. The molecule has 0 radical (unpaired) electrons. The topological polar surface area (TPSA) is 88.1 Å². The van der Waals surface area contributed by atoms with Gasteiger partial charge >= 0.3 is 0 Å². The zero-order chi connectivity index (χ0) is 17.9. The molecule has 0 bridgehead atoms. The number of methoxy groups -OCH3 is 2. The molecule has 1 aromatic rings. The molecule has 1 aliphatic heterocycles. The van der Waals surface area contributed by atoms with Crippen LogP contribution in [0.15, 0.2) is 16.6 Å². The van der Waals surface area contributed by atoms with Crippen molar-refractivity contribution < 1.29 is 24.2 Å². The van der Waals surface area contributed by atoms with Crippen molar-refractivity contribution in [2.45, 2.75) is 25.5 Å². The molecule has 0 unspecified atom stereocenters. The van der Waals surface area contributed by atoms with Crippen LogP contribution in [0.5, 0.6) is 11.5 Å². The summed E-state index contributed by atoms with van der Waals surface area (Å²) in [6, 6.07) is 3.37. The molecule has 1 fully saturated rings. The molecule has 0 aromatic heterocycles. The van der Waals surface area contributed by atoms with Gasteiger partial charge in [-0.3, -0.25) is 9.59 Å². The summed E-state index contributed by atoms with van der Waals surface area (Å²) in [5.41, 5.74) is -1.14. The molecule has 2 amide bonds. The highest BCUT2D eigenvalue weighted by atomic mass is 79.9. The average molecular weight is 401 g/mol. The van der Waals surface area contributed by atoms with E-state index in [1.54, 1.807) is 19.1 Å². The van der Waals surface area contributed by atoms with Gasteiger partial charge in [-0.1, -0.05) is 0 Å². The fraction of sp³-hybridized carbons (Fsp3) is 0.500. The summed E-state index contributed by atoms with van der Waals surface area (Å²) >= 11 is 3.33. The number of nitrogens with one attached hydrogen (secondary N) is 1. The Morgan fingerprint density at radius 1 is 1.42 bits per heavy atom. The van der Waals surface area contributed by atoms with Gasteiger partial charge in [-0.15, -0.1) is 0 Å². The third-order valence-corrected chi connectivity index (χ3v) is 4.74. The Morgan fingerprint density at radius 3 is 2.71 bits per heavy atom. The van der Waals surface area contributed by atoms with Crippen molar-refractivity contribution in [1.82, 2.24) is 10.2 Å². The van der Waals surface area contributed by atoms with Crippen LogP contribution < -0.4 is 14.8 Å². The summed E-state index contributed by atoms with van der Waals surface area (Å²) in [7, 11) is 2.92. The first-order valence-corrected chi connectivity index (χ1v) is 8.38. The van der Waals surface area contributed by atoms with E-state index in [2.05, 4.69) is 21.2 Å². The summed E-state index contributed by atoms with van der Waals surface area (Å²) < 4.78 is 11.1. The second kappa shape index (κ2) is 7.40. The van der Waals surface area contributed by atoms with E-state index in [0.29, 0.717) is 22.5 Å². The lowest BCUT2D eigenvalue weighted by atomic mass is 10.1. The molecule has 1 aromatic carbocycles. The van der Waals surface area contributed by atoms with Crippen molar-refractivity contribution in [3.63, 3.8) is 0 Å². The standard InChI is InChI=1S/C16H21BrN2O5/c1-4-19-12(20)7-8-16(19,22)9-18-15(21)13-11(23-2)6-5-10(17)14(13)24-3/h5-6,22H,4,7-9H2,1-3H3,(H,18,21)/t16-/m1/s1. The summed E-state index contributed by atoms with van der Waals surface area (Å²) in [5, 5.41) is 13.3. The van der Waals surface area contributed by atoms with Gasteiger partial charge in [0.25, 0.3) is 5.91 Å². The molecule has 0 spiro atoms. The van der Waals surface area contributed by atoms with Crippen molar-refractivity contribution in [3.8, 4) is 11.5 Å². The number of hydrogen-bond donors (Lipinski definition) is 2. The van der Waals surface area contributed by atoms with E-state index in [0.717, 1.165) is 0 Å². The minimum atomic E-state index is -1.37. The number of halogens is 1. The Kier molecular flexibility index (Phi) is 5.71. The highest BCUT2D eigenvalue weighted by Gasteiger charge is 2.43. The molecule has 0 aliphatic carbocycles. The first-order chi connectivity index (χ1) is 11.4. The molecular formula is C16H21BrN2O5. The van der Waals surface area contributed by atoms with Crippen LogP contribution in [-0.2, 0) is 4.79 Å². The summed E-state index contributed by atoms with van der Waals surface area (Å²) in [4.78, 5) is 25.8. The van der Waals surface area contributed by atoms with Crippen LogP contribution in [0.25, 0.3) is 0 Å². The van der Waals surface area contributed by atoms with E-state index >= 15 is 0 Å². The van der Waals surface area contributed by atoms with Crippen LogP contribution in [-0.4, -0.2) is 54.9 Å². The Bertz CT molecular complexity index is 652. The monoisotopic (exact) mass is 400 g/mol. The smallest absolute Gasteiger partial charge is 0.259 e. The average Bonchev–Trinajstić information content (AvgIpc) is 2.87. The van der Waals surface area contributed by atoms with Crippen LogP contribution >= 0.6 is 15.9 Å². The molecule has 1 heterocycles. The second-order valence-electron chi connectivity index (χ2n) is 5.46. The molecule has 0 saturated carbocycles. The number of nitrogens with zero attached hydrogens (tertiary/aromatic N) is 1. The lowest BCUT2D eigenvalue weighted by Gasteiger charge is -2.33. The van der Waals surface area contributed by atoms with Gasteiger partial charge in [0.1, 0.15) is 17.1 Å². The Hall–Kier alpha value is -1.80. The van der Waals surface area contributed by atoms with Crippen molar-refractivity contribution in [1.29, 1.82) is 0 Å². The van der Waals surface area contributed by atoms with Crippen LogP contribution in [0.1, 0.15) is 30.1 Å². The lowest BCUT2D eigenvalue weighted by molar-refractivity contribution is -0.143. The molecule has 132 valence electrons. The second-order valence-corrected chi connectivity index (χ2v) is 6.32. The van der Waals surface area contributed by atoms with Gasteiger partial charge in [0.05, 0.1) is 25.2 Å². The van der Waals surface area contributed by atoms with E-state index in [1.165, 1.54) is 19.1 Å². The molecule has 2 N–H and O–H groups in total. The van der Waals surface area contributed by atoms with E-state index in [4.69, 9.17) is 9.47 Å². The van der Waals surface area contributed by atoms with E-state index in [9.17, 15) is 14.7 Å². The van der Waals surface area contributed by atoms with Gasteiger partial charge in [-0.05, 0) is 35.0 Å². The number of ether oxygens (including phenoxy) is 2. The maximum Gasteiger partial charge on any atom is 0.259 e. The fourth-order valence-electron chi connectivity index (χ4n) is 2.90. The van der Waals surface area contributed by atoms with Crippen molar-refractivity contribution >= 4 is 27.7 Å². The lowest BCUT2D eigenvalue weighted by Crippen LogP contribution is -2.53. The van der Waals surface area contributed by atoms with Gasteiger partial charge in [0.2, 0.25) is 5.91 Å². The van der Waals surface area contributed by atoms with E-state index in [-0.39, 0.29) is 30.9 Å². The van der Waals surface area contributed by atoms with Gasteiger partial charge < -0.3 is 24.8 Å². The highest BCUT2D eigenvalue weighted by molar-refractivity contribution is 9.10. The predicted molar refractivity (Wildman–Crippen MR) is 91.2 cm³/mol. The number of likely N-dealkylation sites (tertiary alicyclic amines) is 1. The maximum atomic E-state index is 12.6. The summed E-state index contributed by atoms with van der Waals surface area (Å²) in [6.07, 6.45) is 0.552. The molecule has 7 nitrogen and oxygen atoms in total. The predicted octanol–water partition coefficient (Wildman–Crippen LogP) is 1.53. The number of hydrogen-bond acceptors (Lipinski definition) is 5. The Balaban J connectivity index is 2.22. The molecule has 8 heteroatoms. The van der Waals surface area contributed by atoms with Crippen LogP contribution in [0.2, 0.25) is 0 Å². The molecular weight excluding hydrogens is 380 g/mol. The number of rotatable bonds is 6. The molecule has 2 rings (SSSR count). The zero-order valence-electron chi connectivity index (χ0n) is 13.9. The van der Waals surface area contributed by atoms with E-state index in [1.807, 2.05) is 0 Å².